The largest absolute Gasteiger partial charge is 0.495 e. The van der Waals surface area contributed by atoms with E-state index in [1.165, 1.54) is 63.5 Å². The third kappa shape index (κ3) is 4.96. The summed E-state index contributed by atoms with van der Waals surface area (Å²) in [6.07, 6.45) is 0. The number of methoxy groups -OCH3 is 1. The number of hydrogen-bond acceptors (Lipinski definition) is 6. The van der Waals surface area contributed by atoms with Crippen LogP contribution in [-0.2, 0) is 24.8 Å². The minimum Gasteiger partial charge on any atom is -0.495 e. The number of carbonyl (C=O) groups excluding carboxylic acids is 1. The predicted molar refractivity (Wildman–Crippen MR) is 101 cm³/mol. The first-order valence-corrected chi connectivity index (χ1v) is 10.6. The van der Waals surface area contributed by atoms with Crippen molar-refractivity contribution in [1.29, 1.82) is 0 Å². The van der Waals surface area contributed by atoms with E-state index in [9.17, 15) is 21.6 Å². The van der Waals surface area contributed by atoms with Crippen LogP contribution in [0, 0.1) is 0 Å². The van der Waals surface area contributed by atoms with Crippen molar-refractivity contribution < 1.29 is 26.4 Å². The molecule has 0 aromatic heterocycles. The van der Waals surface area contributed by atoms with Crippen molar-refractivity contribution in [2.24, 2.45) is 0 Å². The van der Waals surface area contributed by atoms with E-state index in [2.05, 4.69) is 14.8 Å². The Morgan fingerprint density at radius 2 is 1.52 bits per heavy atom. The second kappa shape index (κ2) is 7.94. The van der Waals surface area contributed by atoms with Crippen LogP contribution in [0.1, 0.15) is 6.92 Å². The van der Waals surface area contributed by atoms with Crippen molar-refractivity contribution >= 4 is 37.3 Å². The summed E-state index contributed by atoms with van der Waals surface area (Å²) in [5, 5.41) is 2.50. The van der Waals surface area contributed by atoms with Gasteiger partial charge in [0, 0.05) is 12.6 Å². The first-order valence-electron chi connectivity index (χ1n) is 7.61. The minimum absolute atomic E-state index is 0.00494. The first kappa shape index (κ1) is 20.7. The normalized spacial score (nSPS) is 11.7. The number of sulfonamides is 2. The van der Waals surface area contributed by atoms with Gasteiger partial charge in [-0.25, -0.2) is 21.6 Å². The van der Waals surface area contributed by atoms with Gasteiger partial charge in [0.1, 0.15) is 5.75 Å². The molecule has 2 aromatic rings. The van der Waals surface area contributed by atoms with Crippen LogP contribution >= 0.6 is 0 Å². The fourth-order valence-corrected chi connectivity index (χ4v) is 3.99. The lowest BCUT2D eigenvalue weighted by Crippen LogP contribution is -2.18. The van der Waals surface area contributed by atoms with Crippen molar-refractivity contribution in [3.63, 3.8) is 0 Å². The monoisotopic (exact) mass is 413 g/mol. The molecule has 0 aliphatic carbocycles. The summed E-state index contributed by atoms with van der Waals surface area (Å²) < 4.78 is 58.2. The summed E-state index contributed by atoms with van der Waals surface area (Å²) in [7, 11) is -4.91. The van der Waals surface area contributed by atoms with E-state index in [-0.39, 0.29) is 27.1 Å². The van der Waals surface area contributed by atoms with Crippen LogP contribution < -0.4 is 19.5 Å². The molecule has 0 bridgehead atoms. The van der Waals surface area contributed by atoms with Gasteiger partial charge in [0.15, 0.2) is 0 Å². The van der Waals surface area contributed by atoms with Gasteiger partial charge in [-0.15, -0.1) is 0 Å². The van der Waals surface area contributed by atoms with E-state index in [1.807, 2.05) is 0 Å². The Morgan fingerprint density at radius 3 is 2.04 bits per heavy atom. The van der Waals surface area contributed by atoms with E-state index >= 15 is 0 Å². The lowest BCUT2D eigenvalue weighted by atomic mass is 10.3. The van der Waals surface area contributed by atoms with Crippen LogP contribution in [0.3, 0.4) is 0 Å². The van der Waals surface area contributed by atoms with Gasteiger partial charge in [-0.05, 0) is 49.5 Å². The average molecular weight is 413 g/mol. The molecule has 1 amide bonds. The highest BCUT2D eigenvalue weighted by Crippen LogP contribution is 2.28. The zero-order valence-corrected chi connectivity index (χ0v) is 16.4. The standard InChI is InChI=1S/C16H19N3O6S2/c1-11(20)18-15-10-14(8-9-16(15)25-3)27(23,24)19-12-4-6-13(7-5-12)26(21,22)17-2/h4-10,17,19H,1-3H3,(H,18,20). The Kier molecular flexibility index (Phi) is 6.08. The summed E-state index contributed by atoms with van der Waals surface area (Å²) in [5.41, 5.74) is 0.394. The molecule has 3 N–H and O–H groups in total. The maximum atomic E-state index is 12.6. The molecule has 0 atom stereocenters. The molecule has 27 heavy (non-hydrogen) atoms. The Balaban J connectivity index is 2.32. The molecule has 0 saturated heterocycles. The number of carbonyl (C=O) groups is 1. The molecule has 0 unspecified atom stereocenters. The molecule has 0 aliphatic rings. The number of rotatable bonds is 7. The molecular formula is C16H19N3O6S2. The van der Waals surface area contributed by atoms with Gasteiger partial charge in [-0.2, -0.15) is 0 Å². The van der Waals surface area contributed by atoms with Gasteiger partial charge in [-0.1, -0.05) is 0 Å². The van der Waals surface area contributed by atoms with Crippen LogP contribution in [0.4, 0.5) is 11.4 Å². The quantitative estimate of drug-likeness (QED) is 0.628. The molecule has 0 radical (unpaired) electrons. The third-order valence-corrected chi connectivity index (χ3v) is 6.29. The highest BCUT2D eigenvalue weighted by atomic mass is 32.2. The van der Waals surface area contributed by atoms with E-state index in [4.69, 9.17) is 4.74 Å². The molecule has 0 spiro atoms. The van der Waals surface area contributed by atoms with E-state index < -0.39 is 20.0 Å². The lowest BCUT2D eigenvalue weighted by molar-refractivity contribution is -0.114. The Bertz CT molecular complexity index is 1050. The number of hydrogen-bond donors (Lipinski definition) is 3. The number of amides is 1. The predicted octanol–water partition coefficient (Wildman–Crippen LogP) is 1.36. The fourth-order valence-electron chi connectivity index (χ4n) is 2.18. The van der Waals surface area contributed by atoms with Gasteiger partial charge in [-0.3, -0.25) is 9.52 Å². The van der Waals surface area contributed by atoms with E-state index in [0.717, 1.165) is 0 Å². The van der Waals surface area contributed by atoms with Gasteiger partial charge in [0.05, 0.1) is 22.6 Å². The van der Waals surface area contributed by atoms with Crippen molar-refractivity contribution in [3.8, 4) is 5.75 Å². The smallest absolute Gasteiger partial charge is 0.261 e. The van der Waals surface area contributed by atoms with Crippen molar-refractivity contribution in [2.45, 2.75) is 16.7 Å². The van der Waals surface area contributed by atoms with Crippen LogP contribution in [0.2, 0.25) is 0 Å². The lowest BCUT2D eigenvalue weighted by Gasteiger charge is -2.13. The molecule has 2 rings (SSSR count). The Morgan fingerprint density at radius 1 is 0.926 bits per heavy atom. The Labute approximate surface area is 157 Å². The summed E-state index contributed by atoms with van der Waals surface area (Å²) in [5.74, 6) is -0.0667. The van der Waals surface area contributed by atoms with E-state index in [1.54, 1.807) is 0 Å². The van der Waals surface area contributed by atoms with Gasteiger partial charge < -0.3 is 10.1 Å². The molecule has 0 aliphatic heterocycles. The molecule has 9 nitrogen and oxygen atoms in total. The summed E-state index contributed by atoms with van der Waals surface area (Å²) in [4.78, 5) is 11.2. The fraction of sp³-hybridized carbons (Fsp3) is 0.188. The van der Waals surface area contributed by atoms with Crippen LogP contribution in [0.5, 0.6) is 5.75 Å². The summed E-state index contributed by atoms with van der Waals surface area (Å²) >= 11 is 0. The first-order chi connectivity index (χ1) is 12.6. The average Bonchev–Trinajstić information content (AvgIpc) is 2.61. The molecule has 0 saturated carbocycles. The minimum atomic E-state index is -3.97. The zero-order chi connectivity index (χ0) is 20.2. The van der Waals surface area contributed by atoms with Gasteiger partial charge in [0.2, 0.25) is 15.9 Å². The molecule has 11 heteroatoms. The second-order valence-electron chi connectivity index (χ2n) is 5.38. The van der Waals surface area contributed by atoms with Gasteiger partial charge >= 0.3 is 0 Å². The van der Waals surface area contributed by atoms with Crippen molar-refractivity contribution in [2.75, 3.05) is 24.2 Å². The van der Waals surface area contributed by atoms with Crippen LogP contribution in [0.25, 0.3) is 0 Å². The number of ether oxygens (including phenoxy) is 1. The highest BCUT2D eigenvalue weighted by Gasteiger charge is 2.18. The van der Waals surface area contributed by atoms with Gasteiger partial charge in [0.25, 0.3) is 10.0 Å². The summed E-state index contributed by atoms with van der Waals surface area (Å²) in [6.45, 7) is 1.29. The maximum Gasteiger partial charge on any atom is 0.261 e. The molecule has 2 aromatic carbocycles. The molecule has 0 fully saturated rings. The zero-order valence-electron chi connectivity index (χ0n) is 14.8. The Hall–Kier alpha value is -2.63. The molecular weight excluding hydrogens is 394 g/mol. The van der Waals surface area contributed by atoms with Crippen molar-refractivity contribution in [3.05, 3.63) is 42.5 Å². The SMILES string of the molecule is CNS(=O)(=O)c1ccc(NS(=O)(=O)c2ccc(OC)c(NC(C)=O)c2)cc1. The third-order valence-electron chi connectivity index (χ3n) is 3.48. The second-order valence-corrected chi connectivity index (χ2v) is 8.95. The van der Waals surface area contributed by atoms with Crippen LogP contribution in [-0.4, -0.2) is 36.9 Å². The number of nitrogens with one attached hydrogen (secondary N) is 3. The molecule has 0 heterocycles. The number of benzene rings is 2. The summed E-state index contributed by atoms with van der Waals surface area (Å²) in [6, 6.07) is 9.23. The number of anilines is 2. The maximum absolute atomic E-state index is 12.6. The molecule has 146 valence electrons. The van der Waals surface area contributed by atoms with Crippen molar-refractivity contribution in [1.82, 2.24) is 4.72 Å². The van der Waals surface area contributed by atoms with E-state index in [0.29, 0.717) is 5.75 Å². The topological polar surface area (TPSA) is 131 Å². The highest BCUT2D eigenvalue weighted by molar-refractivity contribution is 7.92. The van der Waals surface area contributed by atoms with Crippen LogP contribution in [0.15, 0.2) is 52.3 Å².